The van der Waals surface area contributed by atoms with Crippen LogP contribution in [-0.2, 0) is 16.0 Å². The van der Waals surface area contributed by atoms with E-state index in [4.69, 9.17) is 16.3 Å². The zero-order valence-corrected chi connectivity index (χ0v) is 18.3. The molecule has 1 fully saturated rings. The topological polar surface area (TPSA) is 85.5 Å². The van der Waals surface area contributed by atoms with Gasteiger partial charge in [-0.15, -0.1) is 0 Å². The Hall–Kier alpha value is -2.55. The maximum Gasteiger partial charge on any atom is 0.263 e. The molecule has 4 rings (SSSR count). The number of hydrogen-bond donors (Lipinski definition) is 1. The van der Waals surface area contributed by atoms with E-state index in [0.29, 0.717) is 52.2 Å². The molecule has 1 saturated heterocycles. The van der Waals surface area contributed by atoms with Gasteiger partial charge >= 0.3 is 0 Å². The van der Waals surface area contributed by atoms with Gasteiger partial charge in [-0.3, -0.25) is 9.59 Å². The van der Waals surface area contributed by atoms with E-state index in [2.05, 4.69) is 4.98 Å². The highest BCUT2D eigenvalue weighted by Gasteiger charge is 2.28. The fraction of sp³-hybridized carbons (Fsp3) is 0.273. The van der Waals surface area contributed by atoms with Crippen molar-refractivity contribution in [2.45, 2.75) is 13.0 Å². The van der Waals surface area contributed by atoms with Crippen molar-refractivity contribution in [3.05, 3.63) is 63.8 Å². The van der Waals surface area contributed by atoms with Crippen LogP contribution < -0.4 is 10.3 Å². The van der Waals surface area contributed by atoms with Crippen LogP contribution >= 0.6 is 11.6 Å². The molecule has 0 aliphatic carbocycles. The van der Waals surface area contributed by atoms with Crippen molar-refractivity contribution in [3.8, 4) is 16.9 Å². The molecule has 1 aliphatic rings. The molecular formula is C22H20ClFN2O4S. The zero-order chi connectivity index (χ0) is 22.1. The van der Waals surface area contributed by atoms with E-state index < -0.39 is 23.1 Å². The number of halogens is 2. The third-order valence-corrected chi connectivity index (χ3v) is 6.83. The summed E-state index contributed by atoms with van der Waals surface area (Å²) in [6.45, 7) is 2.54. The molecule has 1 atom stereocenters. The summed E-state index contributed by atoms with van der Waals surface area (Å²) in [5, 5.41) is 1.22. The largest absolute Gasteiger partial charge is 0.616 e. The lowest BCUT2D eigenvalue weighted by Gasteiger charge is -2.30. The van der Waals surface area contributed by atoms with Gasteiger partial charge in [0.1, 0.15) is 23.1 Å². The number of pyridine rings is 1. The summed E-state index contributed by atoms with van der Waals surface area (Å²) in [5.41, 5.74) is 0.917. The fourth-order valence-corrected chi connectivity index (χ4v) is 4.93. The summed E-state index contributed by atoms with van der Waals surface area (Å²) >= 11 is 5.33. The fourth-order valence-electron chi connectivity index (χ4n) is 3.61. The number of amides is 1. The van der Waals surface area contributed by atoms with Gasteiger partial charge in [0, 0.05) is 17.3 Å². The first-order valence-electron chi connectivity index (χ1n) is 9.75. The van der Waals surface area contributed by atoms with E-state index in [1.165, 1.54) is 18.3 Å². The molecule has 0 bridgehead atoms. The molecule has 6 nitrogen and oxygen atoms in total. The standard InChI is InChI=1S/C22H20ClFN2O4S/c1-13(22(28)26-6-8-31(29)9-7-26)30-15-3-5-16-18(11-15)21(27)25-12-19(16)17-4-2-14(24)10-20(17)23/h2-5,10-13H,6-9H2,1H3,(H,25,27)/t13-/m1/s1. The Morgan fingerprint density at radius 2 is 1.94 bits per heavy atom. The summed E-state index contributed by atoms with van der Waals surface area (Å²) in [6.07, 6.45) is 0.786. The number of nitrogens with zero attached hydrogens (tertiary/aromatic N) is 1. The zero-order valence-electron chi connectivity index (χ0n) is 16.7. The number of carbonyl (C=O) groups is 1. The minimum atomic E-state index is -0.871. The van der Waals surface area contributed by atoms with Crippen molar-refractivity contribution in [1.82, 2.24) is 9.88 Å². The van der Waals surface area contributed by atoms with Crippen LogP contribution in [0.4, 0.5) is 4.39 Å². The first-order chi connectivity index (χ1) is 14.8. The number of aromatic amines is 1. The third kappa shape index (κ3) is 4.56. The Balaban J connectivity index is 1.62. The van der Waals surface area contributed by atoms with Crippen molar-refractivity contribution in [2.24, 2.45) is 0 Å². The average molecular weight is 463 g/mol. The third-order valence-electron chi connectivity index (χ3n) is 5.24. The van der Waals surface area contributed by atoms with Gasteiger partial charge in [-0.05, 0) is 48.7 Å². The first-order valence-corrected chi connectivity index (χ1v) is 11.6. The lowest BCUT2D eigenvalue weighted by Crippen LogP contribution is -2.48. The molecule has 9 heteroatoms. The number of aromatic nitrogens is 1. The van der Waals surface area contributed by atoms with Gasteiger partial charge in [0.15, 0.2) is 6.10 Å². The lowest BCUT2D eigenvalue weighted by atomic mass is 10.0. The maximum atomic E-state index is 13.4. The molecule has 1 aliphatic heterocycles. The van der Waals surface area contributed by atoms with Gasteiger partial charge in [0.05, 0.1) is 23.5 Å². The number of carbonyl (C=O) groups excluding carboxylic acids is 1. The van der Waals surface area contributed by atoms with Crippen LogP contribution in [0.15, 0.2) is 47.4 Å². The average Bonchev–Trinajstić information content (AvgIpc) is 2.75. The van der Waals surface area contributed by atoms with Crippen LogP contribution in [-0.4, -0.2) is 51.0 Å². The van der Waals surface area contributed by atoms with Crippen molar-refractivity contribution < 1.29 is 18.5 Å². The highest BCUT2D eigenvalue weighted by Crippen LogP contribution is 2.33. The van der Waals surface area contributed by atoms with E-state index in [0.717, 1.165) is 0 Å². The summed E-state index contributed by atoms with van der Waals surface area (Å²) in [5.74, 6) is 0.688. The number of H-pyrrole nitrogens is 1. The molecule has 0 spiro atoms. The second-order valence-corrected chi connectivity index (χ2v) is 9.40. The molecule has 0 unspecified atom stereocenters. The van der Waals surface area contributed by atoms with E-state index in [1.54, 1.807) is 36.1 Å². The Morgan fingerprint density at radius 3 is 2.65 bits per heavy atom. The predicted molar refractivity (Wildman–Crippen MR) is 120 cm³/mol. The van der Waals surface area contributed by atoms with Crippen LogP contribution in [0.5, 0.6) is 5.75 Å². The van der Waals surface area contributed by atoms with Crippen molar-refractivity contribution in [3.63, 3.8) is 0 Å². The number of nitrogens with one attached hydrogen (secondary N) is 1. The summed E-state index contributed by atoms with van der Waals surface area (Å²) in [7, 11) is 0. The summed E-state index contributed by atoms with van der Waals surface area (Å²) in [6, 6.07) is 9.05. The molecule has 0 radical (unpaired) electrons. The van der Waals surface area contributed by atoms with Crippen LogP contribution in [0.1, 0.15) is 6.92 Å². The van der Waals surface area contributed by atoms with Gasteiger partial charge in [-0.2, -0.15) is 0 Å². The minimum Gasteiger partial charge on any atom is -0.616 e. The van der Waals surface area contributed by atoms with Crippen LogP contribution in [0.2, 0.25) is 5.02 Å². The second-order valence-electron chi connectivity index (χ2n) is 7.30. The van der Waals surface area contributed by atoms with E-state index >= 15 is 0 Å². The Labute approximate surface area is 186 Å². The van der Waals surface area contributed by atoms with Crippen molar-refractivity contribution in [2.75, 3.05) is 24.6 Å². The number of ether oxygens (including phenoxy) is 1. The van der Waals surface area contributed by atoms with Gasteiger partial charge in [0.25, 0.3) is 11.5 Å². The molecule has 1 amide bonds. The first kappa shape index (κ1) is 21.7. The predicted octanol–water partition coefficient (Wildman–Crippen LogP) is 3.35. The Morgan fingerprint density at radius 1 is 1.19 bits per heavy atom. The molecule has 31 heavy (non-hydrogen) atoms. The number of hydrogen-bond acceptors (Lipinski definition) is 4. The monoisotopic (exact) mass is 462 g/mol. The normalized spacial score (nSPS) is 15.8. The highest BCUT2D eigenvalue weighted by atomic mass is 35.5. The minimum absolute atomic E-state index is 0.183. The molecule has 1 N–H and O–H groups in total. The lowest BCUT2D eigenvalue weighted by molar-refractivity contribution is -0.137. The Kier molecular flexibility index (Phi) is 6.22. The SMILES string of the molecule is C[C@@H](Oc1ccc2c(-c3ccc(F)cc3Cl)c[nH]c(=O)c2c1)C(=O)N1CC[S+]([O-])CC1. The number of benzene rings is 2. The molecular weight excluding hydrogens is 443 g/mol. The quantitative estimate of drug-likeness (QED) is 0.602. The van der Waals surface area contributed by atoms with E-state index in [1.807, 2.05) is 0 Å². The van der Waals surface area contributed by atoms with Gasteiger partial charge in [-0.25, -0.2) is 4.39 Å². The molecule has 1 aromatic heterocycles. The number of rotatable bonds is 4. The molecule has 162 valence electrons. The highest BCUT2D eigenvalue weighted by molar-refractivity contribution is 7.91. The van der Waals surface area contributed by atoms with Gasteiger partial charge < -0.3 is 19.2 Å². The smallest absolute Gasteiger partial charge is 0.263 e. The second kappa shape index (κ2) is 8.90. The molecule has 2 aromatic carbocycles. The van der Waals surface area contributed by atoms with Crippen molar-refractivity contribution >= 4 is 39.5 Å². The van der Waals surface area contributed by atoms with Crippen molar-refractivity contribution in [1.29, 1.82) is 0 Å². The van der Waals surface area contributed by atoms with E-state index in [-0.39, 0.29) is 16.5 Å². The Bertz CT molecular complexity index is 1190. The summed E-state index contributed by atoms with van der Waals surface area (Å²) < 4.78 is 30.7. The molecule has 3 aromatic rings. The molecule has 2 heterocycles. The summed E-state index contributed by atoms with van der Waals surface area (Å²) in [4.78, 5) is 29.4. The number of fused-ring (bicyclic) bond motifs is 1. The van der Waals surface area contributed by atoms with Gasteiger partial charge in [0.2, 0.25) is 0 Å². The van der Waals surface area contributed by atoms with E-state index in [9.17, 15) is 18.5 Å². The molecule has 0 saturated carbocycles. The van der Waals surface area contributed by atoms with Crippen LogP contribution in [0.25, 0.3) is 21.9 Å². The van der Waals surface area contributed by atoms with Crippen LogP contribution in [0, 0.1) is 5.82 Å². The van der Waals surface area contributed by atoms with Gasteiger partial charge in [-0.1, -0.05) is 22.8 Å². The maximum absolute atomic E-state index is 13.4. The van der Waals surface area contributed by atoms with Crippen LogP contribution in [0.3, 0.4) is 0 Å².